The highest BCUT2D eigenvalue weighted by molar-refractivity contribution is 5.73. The highest BCUT2D eigenvalue weighted by atomic mass is 16.4. The molecule has 1 unspecified atom stereocenters. The molecule has 16 nitrogen and oxygen atoms in total. The predicted molar refractivity (Wildman–Crippen MR) is 103 cm³/mol. The predicted octanol–water partition coefficient (Wildman–Crippen LogP) is -8.28. The molecule has 0 saturated heterocycles. The summed E-state index contributed by atoms with van der Waals surface area (Å²) in [6.07, 6.45) is -3.81. The van der Waals surface area contributed by atoms with Crippen molar-refractivity contribution in [3.63, 3.8) is 0 Å². The quantitative estimate of drug-likeness (QED) is 0.140. The molecule has 0 aromatic heterocycles. The minimum Gasteiger partial charge on any atom is -0.480 e. The maximum atomic E-state index is 9.65. The van der Waals surface area contributed by atoms with E-state index in [2.05, 4.69) is 0 Å². The molecule has 0 aliphatic rings. The van der Waals surface area contributed by atoms with Crippen LogP contribution in [0.1, 0.15) is 0 Å². The van der Waals surface area contributed by atoms with Gasteiger partial charge in [-0.05, 0) is 0 Å². The van der Waals surface area contributed by atoms with Crippen molar-refractivity contribution >= 4 is 5.97 Å². The molecule has 0 saturated carbocycles. The number of carboxylic acids is 1. The molecule has 16 N–H and O–H groups in total. The van der Waals surface area contributed by atoms with E-state index in [1.807, 2.05) is 0 Å². The summed E-state index contributed by atoms with van der Waals surface area (Å²) in [5.41, 5.74) is 4.77. The Morgan fingerprint density at radius 2 is 0.645 bits per heavy atom. The Hall–Kier alpha value is -1.09. The monoisotopic (exact) mass is 473 g/mol. The fraction of sp³-hybridized carbons (Fsp3) is 0.933. The number of aliphatic carboxylic acids is 1. The van der Waals surface area contributed by atoms with Crippen LogP contribution in [0, 0.1) is 0 Å². The van der Waals surface area contributed by atoms with E-state index in [4.69, 9.17) is 77.2 Å². The van der Waals surface area contributed by atoms with Crippen LogP contribution in [0.5, 0.6) is 0 Å². The summed E-state index contributed by atoms with van der Waals surface area (Å²) in [4.78, 5) is 9.65. The van der Waals surface area contributed by atoms with Gasteiger partial charge < -0.3 is 77.2 Å². The van der Waals surface area contributed by atoms with Crippen molar-refractivity contribution in [2.45, 2.75) is 30.5 Å². The van der Waals surface area contributed by atoms with E-state index in [9.17, 15) is 4.79 Å². The number of aliphatic hydroxyl groups excluding tert-OH is 13. The van der Waals surface area contributed by atoms with Crippen molar-refractivity contribution in [3.05, 3.63) is 0 Å². The van der Waals surface area contributed by atoms with Gasteiger partial charge in [-0.2, -0.15) is 0 Å². The van der Waals surface area contributed by atoms with Gasteiger partial charge in [0.15, 0.2) is 0 Å². The molecule has 0 fully saturated rings. The average Bonchev–Trinajstić information content (AvgIpc) is 2.82. The zero-order chi connectivity index (χ0) is 25.8. The second kappa shape index (κ2) is 33.5. The Kier molecular flexibility index (Phi) is 43.6. The van der Waals surface area contributed by atoms with Gasteiger partial charge in [-0.15, -0.1) is 0 Å². The molecule has 31 heavy (non-hydrogen) atoms. The van der Waals surface area contributed by atoms with Crippen LogP contribution < -0.4 is 5.73 Å². The maximum absolute atomic E-state index is 9.65. The Morgan fingerprint density at radius 3 is 0.645 bits per heavy atom. The highest BCUT2D eigenvalue weighted by Crippen LogP contribution is 1.73. The molecule has 1 atom stereocenters. The third-order valence-electron chi connectivity index (χ3n) is 2.20. The lowest BCUT2D eigenvalue weighted by molar-refractivity contribution is -0.139. The molecule has 0 rings (SSSR count). The van der Waals surface area contributed by atoms with Crippen LogP contribution in [0.3, 0.4) is 0 Å². The molecule has 0 aliphatic carbocycles. The molecule has 0 bridgehead atoms. The van der Waals surface area contributed by atoms with Crippen LogP contribution in [0.4, 0.5) is 0 Å². The summed E-state index contributed by atoms with van der Waals surface area (Å²) in [6.45, 7) is -3.42. The highest BCUT2D eigenvalue weighted by Gasteiger charge is 2.07. The minimum absolute atomic E-state index is 0.365. The van der Waals surface area contributed by atoms with Gasteiger partial charge in [0.2, 0.25) is 0 Å². The molecule has 0 amide bonds. The van der Waals surface area contributed by atoms with Crippen LogP contribution >= 0.6 is 0 Å². The van der Waals surface area contributed by atoms with E-state index in [-0.39, 0.29) is 52.9 Å². The lowest BCUT2D eigenvalue weighted by Gasteiger charge is -1.96. The molecule has 0 aromatic carbocycles. The fourth-order valence-corrected chi connectivity index (χ4v) is 0.309. The summed E-state index contributed by atoms with van der Waals surface area (Å²) < 4.78 is 0. The summed E-state index contributed by atoms with van der Waals surface area (Å²) in [7, 11) is 0. The Bertz CT molecular complexity index is 271. The van der Waals surface area contributed by atoms with E-state index in [0.717, 1.165) is 0 Å². The number of aliphatic hydroxyl groups is 13. The van der Waals surface area contributed by atoms with Gasteiger partial charge in [0, 0.05) is 0 Å². The molecule has 0 aliphatic heterocycles. The molecule has 0 heterocycles. The van der Waals surface area contributed by atoms with Crippen molar-refractivity contribution in [2.75, 3.05) is 59.5 Å². The van der Waals surface area contributed by atoms with E-state index in [1.54, 1.807) is 0 Å². The van der Waals surface area contributed by atoms with Gasteiger partial charge in [-0.3, -0.25) is 4.79 Å². The summed E-state index contributed by atoms with van der Waals surface area (Å²) in [5, 5.41) is 112. The third kappa shape index (κ3) is 47.9. The number of rotatable bonds is 10. The van der Waals surface area contributed by atoms with Crippen molar-refractivity contribution in [1.82, 2.24) is 0 Å². The van der Waals surface area contributed by atoms with Crippen molar-refractivity contribution < 1.29 is 76.3 Å². The average molecular weight is 473 g/mol. The topological polar surface area (TPSA) is 326 Å². The van der Waals surface area contributed by atoms with E-state index >= 15 is 0 Å². The second-order valence-electron chi connectivity index (χ2n) is 5.20. The summed E-state index contributed by atoms with van der Waals surface area (Å²) in [6, 6.07) is -1.13. The first-order chi connectivity index (χ1) is 14.4. The SMILES string of the molecule is NC(CO)C(=O)O.OCC(O)CO.OCC(O)CO.OCC(O)CO.OCC(O)CO. The molecular formula is C15H39NO15. The second-order valence-corrected chi connectivity index (χ2v) is 5.20. The van der Waals surface area contributed by atoms with Gasteiger partial charge in [0.25, 0.3) is 0 Å². The van der Waals surface area contributed by atoms with Crippen LogP contribution in [0.25, 0.3) is 0 Å². The molecular weight excluding hydrogens is 434 g/mol. The molecule has 0 spiro atoms. The standard InChI is InChI=1S/C3H7NO3.4C3H8O3/c4-2(1-5)3(6)7;4*4-1-3(6)2-5/h2,5H,1,4H2,(H,6,7);4*3-6H,1-2H2. The zero-order valence-electron chi connectivity index (χ0n) is 17.0. The molecule has 16 heteroatoms. The summed E-state index contributed by atoms with van der Waals surface area (Å²) >= 11 is 0. The van der Waals surface area contributed by atoms with Crippen molar-refractivity contribution in [1.29, 1.82) is 0 Å². The lowest BCUT2D eigenvalue weighted by atomic mass is 10.3. The minimum atomic E-state index is -1.18. The first-order valence-corrected chi connectivity index (χ1v) is 8.60. The van der Waals surface area contributed by atoms with Crippen LogP contribution in [-0.2, 0) is 4.79 Å². The first kappa shape index (κ1) is 40.3. The van der Waals surface area contributed by atoms with Crippen LogP contribution in [0.2, 0.25) is 0 Å². The Labute approximate surface area is 178 Å². The van der Waals surface area contributed by atoms with E-state index < -0.39 is 43.0 Å². The van der Waals surface area contributed by atoms with Gasteiger partial charge in [-0.25, -0.2) is 0 Å². The summed E-state index contributed by atoms with van der Waals surface area (Å²) in [5.74, 6) is -1.18. The number of carbonyl (C=O) groups is 1. The molecule has 0 aromatic rings. The maximum Gasteiger partial charge on any atom is 0.322 e. The van der Waals surface area contributed by atoms with Gasteiger partial charge in [-0.1, -0.05) is 0 Å². The third-order valence-corrected chi connectivity index (χ3v) is 2.20. The number of hydrogen-bond donors (Lipinski definition) is 15. The number of nitrogens with two attached hydrogens (primary N) is 1. The number of hydrogen-bond acceptors (Lipinski definition) is 15. The van der Waals surface area contributed by atoms with E-state index in [0.29, 0.717) is 0 Å². The normalized spacial score (nSPS) is 10.8. The molecule has 194 valence electrons. The van der Waals surface area contributed by atoms with Crippen LogP contribution in [-0.4, -0.2) is 167 Å². The van der Waals surface area contributed by atoms with Gasteiger partial charge in [0.1, 0.15) is 30.5 Å². The Balaban J connectivity index is -0.0000000910. The first-order valence-electron chi connectivity index (χ1n) is 8.60. The molecule has 0 radical (unpaired) electrons. The van der Waals surface area contributed by atoms with Crippen molar-refractivity contribution in [3.8, 4) is 0 Å². The Morgan fingerprint density at radius 1 is 0.484 bits per heavy atom. The van der Waals surface area contributed by atoms with E-state index in [1.165, 1.54) is 0 Å². The van der Waals surface area contributed by atoms with Gasteiger partial charge in [0.05, 0.1) is 59.5 Å². The smallest absolute Gasteiger partial charge is 0.322 e. The largest absolute Gasteiger partial charge is 0.480 e. The van der Waals surface area contributed by atoms with Crippen molar-refractivity contribution in [2.24, 2.45) is 5.73 Å². The van der Waals surface area contributed by atoms with Gasteiger partial charge >= 0.3 is 5.97 Å². The van der Waals surface area contributed by atoms with Crippen LogP contribution in [0.15, 0.2) is 0 Å². The number of carboxylic acid groups (broad SMARTS) is 1. The lowest BCUT2D eigenvalue weighted by Crippen LogP contribution is -2.33. The fourth-order valence-electron chi connectivity index (χ4n) is 0.309. The zero-order valence-corrected chi connectivity index (χ0v) is 17.0.